The number of benzene rings is 1. The third-order valence-corrected chi connectivity index (χ3v) is 5.60. The molecule has 3 rings (SSSR count). The Morgan fingerprint density at radius 2 is 2.04 bits per heavy atom. The molecule has 0 bridgehead atoms. The van der Waals surface area contributed by atoms with Gasteiger partial charge in [0.1, 0.15) is 5.76 Å². The van der Waals surface area contributed by atoms with Gasteiger partial charge in [-0.1, -0.05) is 17.7 Å². The summed E-state index contributed by atoms with van der Waals surface area (Å²) in [6.45, 7) is 4.56. The minimum Gasteiger partial charge on any atom is -0.455 e. The number of carbonyl (C=O) groups is 1. The molecule has 8 heteroatoms. The smallest absolute Gasteiger partial charge is 0.287 e. The van der Waals surface area contributed by atoms with Crippen LogP contribution >= 0.6 is 11.6 Å². The summed E-state index contributed by atoms with van der Waals surface area (Å²) in [4.78, 5) is 15.0. The predicted octanol–water partition coefficient (Wildman–Crippen LogP) is 2.30. The number of ether oxygens (including phenoxy) is 1. The van der Waals surface area contributed by atoms with Crippen LogP contribution in [0.15, 0.2) is 45.7 Å². The Kier molecular flexibility index (Phi) is 6.85. The second kappa shape index (κ2) is 9.32. The molecule has 1 aromatic carbocycles. The van der Waals surface area contributed by atoms with Crippen LogP contribution in [0.2, 0.25) is 5.02 Å². The molecule has 1 unspecified atom stereocenters. The Morgan fingerprint density at radius 3 is 2.81 bits per heavy atom. The van der Waals surface area contributed by atoms with Crippen molar-refractivity contribution in [2.45, 2.75) is 10.6 Å². The van der Waals surface area contributed by atoms with Crippen molar-refractivity contribution in [1.82, 2.24) is 10.2 Å². The predicted molar refractivity (Wildman–Crippen MR) is 99.9 cm³/mol. The Balaban J connectivity index is 1.48. The molecule has 1 fully saturated rings. The van der Waals surface area contributed by atoms with Gasteiger partial charge >= 0.3 is 0 Å². The standard InChI is InChI=1S/C18H21ClN2O4S/c19-14-2-1-3-16(12-14)26(23)13-15-4-5-17(25-15)18(22)20-6-7-21-8-10-24-11-9-21/h1-5,12H,6-11,13H2,(H,20,22). The summed E-state index contributed by atoms with van der Waals surface area (Å²) in [5.41, 5.74) is 0. The first-order chi connectivity index (χ1) is 12.6. The molecule has 1 N–H and O–H groups in total. The van der Waals surface area contributed by atoms with E-state index in [1.165, 1.54) is 0 Å². The van der Waals surface area contributed by atoms with Gasteiger partial charge in [0.15, 0.2) is 5.76 Å². The second-order valence-corrected chi connectivity index (χ2v) is 7.81. The summed E-state index contributed by atoms with van der Waals surface area (Å²) in [6, 6.07) is 10.2. The van der Waals surface area contributed by atoms with Crippen LogP contribution in [0.5, 0.6) is 0 Å². The second-order valence-electron chi connectivity index (χ2n) is 5.92. The summed E-state index contributed by atoms with van der Waals surface area (Å²) in [6.07, 6.45) is 0. The van der Waals surface area contributed by atoms with E-state index >= 15 is 0 Å². The first-order valence-corrected chi connectivity index (χ1v) is 10.1. The highest BCUT2D eigenvalue weighted by atomic mass is 35.5. The molecule has 6 nitrogen and oxygen atoms in total. The van der Waals surface area contributed by atoms with Gasteiger partial charge in [-0.15, -0.1) is 0 Å². The van der Waals surface area contributed by atoms with E-state index in [1.54, 1.807) is 36.4 Å². The first-order valence-electron chi connectivity index (χ1n) is 8.43. The SMILES string of the molecule is O=C(NCCN1CCOCC1)c1ccc(CS(=O)c2cccc(Cl)c2)o1. The normalized spacial score (nSPS) is 16.3. The first kappa shape index (κ1) is 19.1. The number of halogens is 1. The third-order valence-electron chi connectivity index (χ3n) is 4.04. The fourth-order valence-corrected chi connectivity index (χ4v) is 3.96. The zero-order valence-electron chi connectivity index (χ0n) is 14.3. The Hall–Kier alpha value is -1.67. The third kappa shape index (κ3) is 5.41. The number of hydrogen-bond donors (Lipinski definition) is 1. The number of nitrogens with one attached hydrogen (secondary N) is 1. The number of nitrogens with zero attached hydrogens (tertiary/aromatic N) is 1. The van der Waals surface area contributed by atoms with Gasteiger partial charge in [0.05, 0.1) is 29.8 Å². The van der Waals surface area contributed by atoms with Gasteiger partial charge in [0, 0.05) is 36.1 Å². The quantitative estimate of drug-likeness (QED) is 0.777. The number of furan rings is 1. The molecule has 0 saturated carbocycles. The molecular weight excluding hydrogens is 376 g/mol. The maximum absolute atomic E-state index is 12.4. The lowest BCUT2D eigenvalue weighted by Gasteiger charge is -2.26. The van der Waals surface area contributed by atoms with Gasteiger partial charge in [-0.2, -0.15) is 0 Å². The molecule has 2 aromatic rings. The summed E-state index contributed by atoms with van der Waals surface area (Å²) >= 11 is 5.92. The van der Waals surface area contributed by atoms with Crippen molar-refractivity contribution >= 4 is 28.3 Å². The number of carbonyl (C=O) groups excluding carboxylic acids is 1. The van der Waals surface area contributed by atoms with E-state index in [9.17, 15) is 9.00 Å². The number of amides is 1. The summed E-state index contributed by atoms with van der Waals surface area (Å²) in [5, 5.41) is 3.38. The lowest BCUT2D eigenvalue weighted by atomic mass is 10.4. The van der Waals surface area contributed by atoms with E-state index in [2.05, 4.69) is 10.2 Å². The van der Waals surface area contributed by atoms with Crippen LogP contribution in [0.25, 0.3) is 0 Å². The number of rotatable bonds is 7. The lowest BCUT2D eigenvalue weighted by molar-refractivity contribution is 0.0382. The lowest BCUT2D eigenvalue weighted by Crippen LogP contribution is -2.41. The van der Waals surface area contributed by atoms with E-state index in [0.29, 0.717) is 22.2 Å². The molecule has 2 heterocycles. The number of hydrogen-bond acceptors (Lipinski definition) is 5. The molecule has 0 radical (unpaired) electrons. The largest absolute Gasteiger partial charge is 0.455 e. The van der Waals surface area contributed by atoms with Crippen molar-refractivity contribution in [2.24, 2.45) is 0 Å². The fourth-order valence-electron chi connectivity index (χ4n) is 2.64. The van der Waals surface area contributed by atoms with Crippen LogP contribution in [-0.2, 0) is 21.3 Å². The van der Waals surface area contributed by atoms with Gasteiger partial charge in [-0.25, -0.2) is 0 Å². The highest BCUT2D eigenvalue weighted by Crippen LogP contribution is 2.18. The van der Waals surface area contributed by atoms with Crippen LogP contribution < -0.4 is 5.32 Å². The zero-order valence-corrected chi connectivity index (χ0v) is 15.9. The molecule has 1 aliphatic heterocycles. The van der Waals surface area contributed by atoms with Crippen molar-refractivity contribution in [3.05, 3.63) is 52.9 Å². The van der Waals surface area contributed by atoms with Crippen molar-refractivity contribution < 1.29 is 18.2 Å². The Bertz CT molecular complexity index is 774. The van der Waals surface area contributed by atoms with Crippen molar-refractivity contribution in [1.29, 1.82) is 0 Å². The molecule has 1 saturated heterocycles. The van der Waals surface area contributed by atoms with Crippen molar-refractivity contribution in [3.63, 3.8) is 0 Å². The van der Waals surface area contributed by atoms with Gasteiger partial charge in [0.25, 0.3) is 5.91 Å². The van der Waals surface area contributed by atoms with Crippen LogP contribution in [-0.4, -0.2) is 54.4 Å². The molecule has 1 atom stereocenters. The van der Waals surface area contributed by atoms with Crippen LogP contribution in [0.3, 0.4) is 0 Å². The summed E-state index contributed by atoms with van der Waals surface area (Å²) in [7, 11) is -1.28. The molecular formula is C18H21ClN2O4S. The van der Waals surface area contributed by atoms with E-state index in [4.69, 9.17) is 20.8 Å². The van der Waals surface area contributed by atoms with E-state index in [-0.39, 0.29) is 17.4 Å². The Labute approximate surface area is 159 Å². The highest BCUT2D eigenvalue weighted by Gasteiger charge is 2.15. The van der Waals surface area contributed by atoms with Gasteiger partial charge in [-0.05, 0) is 30.3 Å². The van der Waals surface area contributed by atoms with E-state index in [0.717, 1.165) is 32.8 Å². The molecule has 0 aliphatic carbocycles. The van der Waals surface area contributed by atoms with Crippen molar-refractivity contribution in [2.75, 3.05) is 39.4 Å². The average molecular weight is 397 g/mol. The van der Waals surface area contributed by atoms with Crippen LogP contribution in [0.4, 0.5) is 0 Å². The monoisotopic (exact) mass is 396 g/mol. The van der Waals surface area contributed by atoms with Gasteiger partial charge in [-0.3, -0.25) is 13.9 Å². The maximum Gasteiger partial charge on any atom is 0.287 e. The summed E-state index contributed by atoms with van der Waals surface area (Å²) in [5.74, 6) is 0.659. The average Bonchev–Trinajstić information content (AvgIpc) is 3.11. The number of morpholine rings is 1. The van der Waals surface area contributed by atoms with Gasteiger partial charge < -0.3 is 14.5 Å². The Morgan fingerprint density at radius 1 is 1.23 bits per heavy atom. The molecule has 140 valence electrons. The summed E-state index contributed by atoms with van der Waals surface area (Å²) < 4.78 is 23.2. The van der Waals surface area contributed by atoms with E-state index < -0.39 is 10.8 Å². The minimum absolute atomic E-state index is 0.196. The minimum atomic E-state index is -1.28. The zero-order chi connectivity index (χ0) is 18.4. The van der Waals surface area contributed by atoms with Crippen LogP contribution in [0.1, 0.15) is 16.3 Å². The fraction of sp³-hybridized carbons (Fsp3) is 0.389. The molecule has 26 heavy (non-hydrogen) atoms. The van der Waals surface area contributed by atoms with E-state index in [1.807, 2.05) is 0 Å². The molecule has 0 spiro atoms. The molecule has 1 aliphatic rings. The molecule has 1 amide bonds. The molecule has 1 aromatic heterocycles. The highest BCUT2D eigenvalue weighted by molar-refractivity contribution is 7.84. The topological polar surface area (TPSA) is 71.8 Å². The van der Waals surface area contributed by atoms with Crippen LogP contribution in [0, 0.1) is 0 Å². The van der Waals surface area contributed by atoms with Gasteiger partial charge in [0.2, 0.25) is 0 Å². The maximum atomic E-state index is 12.4. The van der Waals surface area contributed by atoms with Crippen molar-refractivity contribution in [3.8, 4) is 0 Å².